The molecule has 0 aliphatic rings. The number of halogens is 1. The van der Waals surface area contributed by atoms with Gasteiger partial charge in [-0.2, -0.15) is 0 Å². The van der Waals surface area contributed by atoms with Gasteiger partial charge in [-0.25, -0.2) is 4.39 Å². The molecule has 3 nitrogen and oxygen atoms in total. The first-order valence-electron chi connectivity index (χ1n) is 3.80. The first-order valence-corrected chi connectivity index (χ1v) is 3.80. The highest BCUT2D eigenvalue weighted by Gasteiger charge is 2.30. The molecule has 1 aromatic carbocycles. The van der Waals surface area contributed by atoms with Crippen LogP contribution in [0.5, 0.6) is 0 Å². The van der Waals surface area contributed by atoms with Crippen molar-refractivity contribution in [1.29, 1.82) is 0 Å². The summed E-state index contributed by atoms with van der Waals surface area (Å²) < 4.78 is 13.2. The van der Waals surface area contributed by atoms with Crippen LogP contribution in [0.2, 0.25) is 0 Å². The van der Waals surface area contributed by atoms with Gasteiger partial charge in [-0.05, 0) is 13.0 Å². The lowest BCUT2D eigenvalue weighted by atomic mass is 9.92. The number of carbonyl (C=O) groups excluding carboxylic acids is 1. The molecule has 0 aliphatic carbocycles. The van der Waals surface area contributed by atoms with Crippen molar-refractivity contribution < 1.29 is 9.18 Å². The fourth-order valence-electron chi connectivity index (χ4n) is 1.02. The van der Waals surface area contributed by atoms with Crippen LogP contribution in [0, 0.1) is 5.82 Å². The molecule has 1 aromatic rings. The van der Waals surface area contributed by atoms with E-state index in [-0.39, 0.29) is 5.56 Å². The van der Waals surface area contributed by atoms with Crippen LogP contribution in [0.4, 0.5) is 4.39 Å². The van der Waals surface area contributed by atoms with Crippen molar-refractivity contribution >= 4 is 5.91 Å². The second-order valence-corrected chi connectivity index (χ2v) is 3.05. The molecular weight excluding hydrogens is 171 g/mol. The van der Waals surface area contributed by atoms with Crippen molar-refractivity contribution in [2.45, 2.75) is 12.5 Å². The van der Waals surface area contributed by atoms with Gasteiger partial charge in [-0.15, -0.1) is 0 Å². The second-order valence-electron chi connectivity index (χ2n) is 3.05. The SMILES string of the molecule is CC(N)(C(N)=O)c1ccccc1F. The van der Waals surface area contributed by atoms with Crippen molar-refractivity contribution in [3.63, 3.8) is 0 Å². The quantitative estimate of drug-likeness (QED) is 0.698. The van der Waals surface area contributed by atoms with Gasteiger partial charge in [0.15, 0.2) is 0 Å². The van der Waals surface area contributed by atoms with Gasteiger partial charge in [0, 0.05) is 5.56 Å². The van der Waals surface area contributed by atoms with Crippen LogP contribution in [0.1, 0.15) is 12.5 Å². The summed E-state index contributed by atoms with van der Waals surface area (Å²) in [5.74, 6) is -1.27. The van der Waals surface area contributed by atoms with E-state index in [2.05, 4.69) is 0 Å². The largest absolute Gasteiger partial charge is 0.368 e. The van der Waals surface area contributed by atoms with E-state index >= 15 is 0 Å². The van der Waals surface area contributed by atoms with Crippen LogP contribution in [0.25, 0.3) is 0 Å². The maximum absolute atomic E-state index is 13.2. The average Bonchev–Trinajstić information content (AvgIpc) is 2.04. The monoisotopic (exact) mass is 182 g/mol. The molecule has 0 aromatic heterocycles. The van der Waals surface area contributed by atoms with Crippen LogP contribution < -0.4 is 11.5 Å². The zero-order valence-electron chi connectivity index (χ0n) is 7.25. The lowest BCUT2D eigenvalue weighted by Gasteiger charge is -2.21. The highest BCUT2D eigenvalue weighted by Crippen LogP contribution is 2.19. The molecule has 1 atom stereocenters. The number of primary amides is 1. The van der Waals surface area contributed by atoms with Crippen molar-refractivity contribution in [3.05, 3.63) is 35.6 Å². The molecular formula is C9H11FN2O. The molecule has 0 fully saturated rings. The molecule has 4 heteroatoms. The topological polar surface area (TPSA) is 69.1 Å². The highest BCUT2D eigenvalue weighted by molar-refractivity contribution is 5.85. The highest BCUT2D eigenvalue weighted by atomic mass is 19.1. The molecule has 1 unspecified atom stereocenters. The van der Waals surface area contributed by atoms with E-state index in [1.807, 2.05) is 0 Å². The van der Waals surface area contributed by atoms with Crippen molar-refractivity contribution in [2.24, 2.45) is 11.5 Å². The normalized spacial score (nSPS) is 15.0. The summed E-state index contributed by atoms with van der Waals surface area (Å²) >= 11 is 0. The fourth-order valence-corrected chi connectivity index (χ4v) is 1.02. The van der Waals surface area contributed by atoms with Crippen LogP contribution >= 0.6 is 0 Å². The molecule has 0 spiro atoms. The minimum atomic E-state index is -1.45. The Kier molecular flexibility index (Phi) is 2.34. The Morgan fingerprint density at radius 3 is 2.46 bits per heavy atom. The molecule has 0 saturated heterocycles. The predicted octanol–water partition coefficient (Wildman–Crippen LogP) is 0.485. The van der Waals surface area contributed by atoms with Crippen LogP contribution in [-0.4, -0.2) is 5.91 Å². The molecule has 0 radical (unpaired) electrons. The van der Waals surface area contributed by atoms with Gasteiger partial charge in [0.05, 0.1) is 0 Å². The standard InChI is InChI=1S/C9H11FN2O/c1-9(12,8(11)13)6-4-2-3-5-7(6)10/h2-5H,12H2,1H3,(H2,11,13). The van der Waals surface area contributed by atoms with E-state index in [1.165, 1.54) is 25.1 Å². The van der Waals surface area contributed by atoms with E-state index in [0.717, 1.165) is 0 Å². The maximum Gasteiger partial charge on any atom is 0.241 e. The summed E-state index contributed by atoms with van der Waals surface area (Å²) in [5.41, 5.74) is 9.27. The van der Waals surface area contributed by atoms with Crippen molar-refractivity contribution in [2.75, 3.05) is 0 Å². The summed E-state index contributed by atoms with van der Waals surface area (Å²) in [7, 11) is 0. The third kappa shape index (κ3) is 1.67. The Labute approximate surface area is 75.5 Å². The van der Waals surface area contributed by atoms with Gasteiger partial charge < -0.3 is 11.5 Å². The Balaban J connectivity index is 3.22. The molecule has 0 bridgehead atoms. The minimum Gasteiger partial charge on any atom is -0.368 e. The zero-order valence-corrected chi connectivity index (χ0v) is 7.25. The number of hydrogen-bond donors (Lipinski definition) is 2. The van der Waals surface area contributed by atoms with Crippen LogP contribution in [0.3, 0.4) is 0 Å². The van der Waals surface area contributed by atoms with Gasteiger partial charge in [0.2, 0.25) is 5.91 Å². The molecule has 1 rings (SSSR count). The molecule has 0 aliphatic heterocycles. The van der Waals surface area contributed by atoms with Gasteiger partial charge in [-0.1, -0.05) is 18.2 Å². The average molecular weight is 182 g/mol. The zero-order chi connectivity index (χ0) is 10.1. The van der Waals surface area contributed by atoms with E-state index in [9.17, 15) is 9.18 Å². The fraction of sp³-hybridized carbons (Fsp3) is 0.222. The third-order valence-electron chi connectivity index (χ3n) is 1.95. The number of rotatable bonds is 2. The number of amides is 1. The van der Waals surface area contributed by atoms with Crippen LogP contribution in [-0.2, 0) is 10.3 Å². The van der Waals surface area contributed by atoms with E-state index < -0.39 is 17.3 Å². The van der Waals surface area contributed by atoms with Crippen molar-refractivity contribution in [3.8, 4) is 0 Å². The summed E-state index contributed by atoms with van der Waals surface area (Å²) in [5, 5.41) is 0. The predicted molar refractivity (Wildman–Crippen MR) is 47.1 cm³/mol. The van der Waals surface area contributed by atoms with Gasteiger partial charge in [0.1, 0.15) is 11.4 Å². The second kappa shape index (κ2) is 3.14. The molecule has 4 N–H and O–H groups in total. The number of nitrogens with two attached hydrogens (primary N) is 2. The summed E-state index contributed by atoms with van der Waals surface area (Å²) in [6, 6.07) is 5.81. The first-order chi connectivity index (χ1) is 5.96. The smallest absolute Gasteiger partial charge is 0.241 e. The Morgan fingerprint density at radius 2 is 2.00 bits per heavy atom. The molecule has 70 valence electrons. The Bertz CT molecular complexity index is 336. The number of hydrogen-bond acceptors (Lipinski definition) is 2. The molecule has 13 heavy (non-hydrogen) atoms. The minimum absolute atomic E-state index is 0.113. The Morgan fingerprint density at radius 1 is 1.46 bits per heavy atom. The van der Waals surface area contributed by atoms with E-state index in [1.54, 1.807) is 6.07 Å². The molecule has 0 saturated carbocycles. The van der Waals surface area contributed by atoms with Crippen LogP contribution in [0.15, 0.2) is 24.3 Å². The molecule has 0 heterocycles. The Hall–Kier alpha value is -1.42. The van der Waals surface area contributed by atoms with E-state index in [0.29, 0.717) is 0 Å². The summed E-state index contributed by atoms with van der Waals surface area (Å²) in [6.07, 6.45) is 0. The molecule has 1 amide bonds. The summed E-state index contributed by atoms with van der Waals surface area (Å²) in [6.45, 7) is 1.38. The van der Waals surface area contributed by atoms with E-state index in [4.69, 9.17) is 11.5 Å². The lowest BCUT2D eigenvalue weighted by molar-refractivity contribution is -0.122. The number of carbonyl (C=O) groups is 1. The number of benzene rings is 1. The van der Waals surface area contributed by atoms with Gasteiger partial charge in [0.25, 0.3) is 0 Å². The van der Waals surface area contributed by atoms with Gasteiger partial charge >= 0.3 is 0 Å². The van der Waals surface area contributed by atoms with Gasteiger partial charge in [-0.3, -0.25) is 4.79 Å². The first kappa shape index (κ1) is 9.67. The third-order valence-corrected chi connectivity index (χ3v) is 1.95. The maximum atomic E-state index is 13.2. The lowest BCUT2D eigenvalue weighted by Crippen LogP contribution is -2.46. The summed E-state index contributed by atoms with van der Waals surface area (Å²) in [4.78, 5) is 10.9. The van der Waals surface area contributed by atoms with Crippen molar-refractivity contribution in [1.82, 2.24) is 0 Å².